The van der Waals surface area contributed by atoms with Crippen LogP contribution in [0.2, 0.25) is 5.02 Å². The molecule has 0 fully saturated rings. The molecule has 0 saturated carbocycles. The number of hydrogen-bond acceptors (Lipinski definition) is 3. The van der Waals surface area contributed by atoms with E-state index in [9.17, 15) is 14.3 Å². The number of aromatic nitrogens is 1. The first-order valence-corrected chi connectivity index (χ1v) is 7.39. The molecule has 1 aromatic carbocycles. The molecule has 2 aromatic rings. The molecule has 1 aromatic heterocycles. The van der Waals surface area contributed by atoms with E-state index in [1.807, 2.05) is 19.1 Å². The summed E-state index contributed by atoms with van der Waals surface area (Å²) in [6, 6.07) is 6.64. The van der Waals surface area contributed by atoms with Crippen LogP contribution in [0.3, 0.4) is 0 Å². The van der Waals surface area contributed by atoms with E-state index in [1.54, 1.807) is 12.3 Å². The number of aryl methyl sites for hydroxylation is 1. The van der Waals surface area contributed by atoms with E-state index in [0.717, 1.165) is 11.3 Å². The maximum atomic E-state index is 13.5. The molecule has 1 atom stereocenters. The minimum absolute atomic E-state index is 0.0123. The molecule has 3 N–H and O–H groups in total. The predicted molar refractivity (Wildman–Crippen MR) is 85.6 cm³/mol. The predicted octanol–water partition coefficient (Wildman–Crippen LogP) is 2.72. The lowest BCUT2D eigenvalue weighted by Crippen LogP contribution is -2.38. The standard InChI is InChI=1S/C16H17ClFN3O2/c1-10-2-3-11(7-19-10)8-20-16(23)21-15(9-22)12-4-5-13(17)14(18)6-12/h2-7,15,22H,8-9H2,1H3,(H2,20,21,23). The highest BCUT2D eigenvalue weighted by molar-refractivity contribution is 6.30. The molecular weight excluding hydrogens is 321 g/mol. The van der Waals surface area contributed by atoms with Gasteiger partial charge in [0.2, 0.25) is 0 Å². The van der Waals surface area contributed by atoms with Crippen molar-refractivity contribution < 1.29 is 14.3 Å². The van der Waals surface area contributed by atoms with Gasteiger partial charge in [0.25, 0.3) is 0 Å². The number of carbonyl (C=O) groups excluding carboxylic acids is 1. The van der Waals surface area contributed by atoms with Gasteiger partial charge in [-0.1, -0.05) is 23.7 Å². The first-order valence-electron chi connectivity index (χ1n) is 7.01. The van der Waals surface area contributed by atoms with Crippen molar-refractivity contribution in [3.05, 3.63) is 64.2 Å². The van der Waals surface area contributed by atoms with Gasteiger partial charge in [0.15, 0.2) is 0 Å². The second kappa shape index (κ2) is 7.89. The third kappa shape index (κ3) is 4.91. The third-order valence-electron chi connectivity index (χ3n) is 3.26. The number of halogens is 2. The molecule has 0 aliphatic carbocycles. The fraction of sp³-hybridized carbons (Fsp3) is 0.250. The lowest BCUT2D eigenvalue weighted by Gasteiger charge is -2.17. The van der Waals surface area contributed by atoms with Crippen molar-refractivity contribution in [1.82, 2.24) is 15.6 Å². The average Bonchev–Trinajstić information content (AvgIpc) is 2.55. The van der Waals surface area contributed by atoms with Gasteiger partial charge >= 0.3 is 6.03 Å². The van der Waals surface area contributed by atoms with Gasteiger partial charge < -0.3 is 15.7 Å². The van der Waals surface area contributed by atoms with Crippen molar-refractivity contribution in [2.45, 2.75) is 19.5 Å². The molecule has 0 aliphatic heterocycles. The van der Waals surface area contributed by atoms with Crippen molar-refractivity contribution in [1.29, 1.82) is 0 Å². The Hall–Kier alpha value is -2.18. The van der Waals surface area contributed by atoms with E-state index in [1.165, 1.54) is 12.1 Å². The Balaban J connectivity index is 1.94. The Bertz CT molecular complexity index is 680. The number of nitrogens with zero attached hydrogens (tertiary/aromatic N) is 1. The monoisotopic (exact) mass is 337 g/mol. The van der Waals surface area contributed by atoms with E-state index in [-0.39, 0.29) is 11.6 Å². The second-order valence-electron chi connectivity index (χ2n) is 5.04. The van der Waals surface area contributed by atoms with Crippen LogP contribution in [0.4, 0.5) is 9.18 Å². The zero-order valence-corrected chi connectivity index (χ0v) is 13.3. The largest absolute Gasteiger partial charge is 0.394 e. The molecule has 0 saturated heterocycles. The Kier molecular flexibility index (Phi) is 5.90. The number of rotatable bonds is 5. The summed E-state index contributed by atoms with van der Waals surface area (Å²) in [4.78, 5) is 16.0. The third-order valence-corrected chi connectivity index (χ3v) is 3.57. The van der Waals surface area contributed by atoms with Crippen molar-refractivity contribution in [3.8, 4) is 0 Å². The Morgan fingerprint density at radius 1 is 1.39 bits per heavy atom. The molecule has 2 rings (SSSR count). The Labute approximate surface area is 138 Å². The van der Waals surface area contributed by atoms with Crippen LogP contribution in [0.15, 0.2) is 36.5 Å². The first-order chi connectivity index (χ1) is 11.0. The smallest absolute Gasteiger partial charge is 0.315 e. The molecule has 1 unspecified atom stereocenters. The maximum Gasteiger partial charge on any atom is 0.315 e. The highest BCUT2D eigenvalue weighted by Gasteiger charge is 2.15. The number of pyridine rings is 1. The van der Waals surface area contributed by atoms with E-state index in [2.05, 4.69) is 15.6 Å². The van der Waals surface area contributed by atoms with E-state index >= 15 is 0 Å². The normalized spacial score (nSPS) is 11.8. The summed E-state index contributed by atoms with van der Waals surface area (Å²) in [5.41, 5.74) is 2.17. The van der Waals surface area contributed by atoms with Gasteiger partial charge in [0.1, 0.15) is 5.82 Å². The lowest BCUT2D eigenvalue weighted by atomic mass is 10.1. The molecular formula is C16H17ClFN3O2. The number of hydrogen-bond donors (Lipinski definition) is 3. The fourth-order valence-corrected chi connectivity index (χ4v) is 2.08. The first kappa shape index (κ1) is 17.2. The number of benzene rings is 1. The highest BCUT2D eigenvalue weighted by atomic mass is 35.5. The van der Waals surface area contributed by atoms with Gasteiger partial charge in [-0.2, -0.15) is 0 Å². The number of aliphatic hydroxyl groups is 1. The number of amides is 2. The van der Waals surface area contributed by atoms with Crippen LogP contribution in [-0.4, -0.2) is 22.7 Å². The number of aliphatic hydroxyl groups excluding tert-OH is 1. The summed E-state index contributed by atoms with van der Waals surface area (Å²) in [6.45, 7) is 1.81. The van der Waals surface area contributed by atoms with Crippen molar-refractivity contribution in [2.24, 2.45) is 0 Å². The van der Waals surface area contributed by atoms with Gasteiger partial charge in [-0.3, -0.25) is 4.98 Å². The summed E-state index contributed by atoms with van der Waals surface area (Å²) in [5, 5.41) is 14.6. The topological polar surface area (TPSA) is 74.2 Å². The molecule has 122 valence electrons. The minimum Gasteiger partial charge on any atom is -0.394 e. The van der Waals surface area contributed by atoms with Crippen LogP contribution >= 0.6 is 11.6 Å². The van der Waals surface area contributed by atoms with Crippen LogP contribution in [-0.2, 0) is 6.54 Å². The average molecular weight is 338 g/mol. The molecule has 1 heterocycles. The number of carbonyl (C=O) groups is 1. The number of urea groups is 1. The summed E-state index contributed by atoms with van der Waals surface area (Å²) < 4.78 is 13.5. The van der Waals surface area contributed by atoms with Crippen LogP contribution in [0, 0.1) is 12.7 Å². The Morgan fingerprint density at radius 2 is 2.17 bits per heavy atom. The molecule has 5 nitrogen and oxygen atoms in total. The molecule has 0 aliphatic rings. The van der Waals surface area contributed by atoms with Crippen LogP contribution in [0.1, 0.15) is 22.9 Å². The molecule has 2 amide bonds. The van der Waals surface area contributed by atoms with Gasteiger partial charge in [-0.05, 0) is 36.2 Å². The number of nitrogens with one attached hydrogen (secondary N) is 2. The zero-order chi connectivity index (χ0) is 16.8. The molecule has 7 heteroatoms. The van der Waals surface area contributed by atoms with Gasteiger partial charge in [0.05, 0.1) is 17.7 Å². The molecule has 0 spiro atoms. The van der Waals surface area contributed by atoms with E-state index < -0.39 is 17.9 Å². The molecule has 0 radical (unpaired) electrons. The lowest BCUT2D eigenvalue weighted by molar-refractivity contribution is 0.216. The summed E-state index contributed by atoms with van der Waals surface area (Å²) in [7, 11) is 0. The van der Waals surface area contributed by atoms with Crippen LogP contribution < -0.4 is 10.6 Å². The highest BCUT2D eigenvalue weighted by Crippen LogP contribution is 2.20. The maximum absolute atomic E-state index is 13.5. The van der Waals surface area contributed by atoms with Crippen molar-refractivity contribution in [3.63, 3.8) is 0 Å². The molecule has 0 bridgehead atoms. The van der Waals surface area contributed by atoms with Crippen LogP contribution in [0.5, 0.6) is 0 Å². The zero-order valence-electron chi connectivity index (χ0n) is 12.5. The van der Waals surface area contributed by atoms with Gasteiger partial charge in [-0.25, -0.2) is 9.18 Å². The summed E-state index contributed by atoms with van der Waals surface area (Å²) >= 11 is 5.62. The summed E-state index contributed by atoms with van der Waals surface area (Å²) in [5.74, 6) is -0.601. The fourth-order valence-electron chi connectivity index (χ4n) is 1.96. The van der Waals surface area contributed by atoms with Crippen molar-refractivity contribution >= 4 is 17.6 Å². The second-order valence-corrected chi connectivity index (χ2v) is 5.45. The minimum atomic E-state index is -0.724. The van der Waals surface area contributed by atoms with Crippen LogP contribution in [0.25, 0.3) is 0 Å². The Morgan fingerprint density at radius 3 is 2.78 bits per heavy atom. The van der Waals surface area contributed by atoms with Gasteiger partial charge in [-0.15, -0.1) is 0 Å². The summed E-state index contributed by atoms with van der Waals surface area (Å²) in [6.07, 6.45) is 1.67. The SMILES string of the molecule is Cc1ccc(CNC(=O)NC(CO)c2ccc(Cl)c(F)c2)cn1. The van der Waals surface area contributed by atoms with Crippen molar-refractivity contribution in [2.75, 3.05) is 6.61 Å². The quantitative estimate of drug-likeness (QED) is 0.785. The molecule has 23 heavy (non-hydrogen) atoms. The van der Waals surface area contributed by atoms with E-state index in [4.69, 9.17) is 11.6 Å². The van der Waals surface area contributed by atoms with Gasteiger partial charge in [0, 0.05) is 18.4 Å². The van der Waals surface area contributed by atoms with E-state index in [0.29, 0.717) is 12.1 Å².